The smallest absolute Gasteiger partial charge is 0.550 e. The quantitative estimate of drug-likeness (QED) is 0.330. The van der Waals surface area contributed by atoms with Gasteiger partial charge in [0.15, 0.2) is 0 Å². The van der Waals surface area contributed by atoms with E-state index >= 15 is 0 Å². The summed E-state index contributed by atoms with van der Waals surface area (Å²) < 4.78 is 0. The van der Waals surface area contributed by atoms with Gasteiger partial charge in [-0.15, -0.1) is 0 Å². The minimum absolute atomic E-state index is 0. The Kier molecular flexibility index (Phi) is 26.7. The summed E-state index contributed by atoms with van der Waals surface area (Å²) in [6, 6.07) is 0. The van der Waals surface area contributed by atoms with E-state index in [1.54, 1.807) is 0 Å². The summed E-state index contributed by atoms with van der Waals surface area (Å²) in [7, 11) is 0. The van der Waals surface area contributed by atoms with Crippen molar-refractivity contribution in [3.63, 3.8) is 0 Å². The largest absolute Gasteiger partial charge is 2.00 e. The van der Waals surface area contributed by atoms with Crippen LogP contribution >= 0.6 is 0 Å². The monoisotopic (exact) mass is 400 g/mol. The molecule has 0 aromatic rings. The molecule has 0 aromatic heterocycles. The Bertz CT molecular complexity index is 188. The van der Waals surface area contributed by atoms with E-state index in [-0.39, 0.29) is 74.9 Å². The van der Waals surface area contributed by atoms with Gasteiger partial charge < -0.3 is 30.0 Å². The summed E-state index contributed by atoms with van der Waals surface area (Å²) in [5, 5.41) is 36.1. The molecule has 0 saturated carbocycles. The molecular weight excluding hydrogens is 377 g/mol. The molecule has 0 fully saturated rings. The fourth-order valence-corrected chi connectivity index (χ4v) is 1.12. The van der Waals surface area contributed by atoms with Crippen LogP contribution in [0.1, 0.15) is 51.4 Å². The van der Waals surface area contributed by atoms with Gasteiger partial charge in [0.2, 0.25) is 0 Å². The summed E-state index contributed by atoms with van der Waals surface area (Å²) in [5.74, 6) is -2.01. The van der Waals surface area contributed by atoms with Crippen LogP contribution in [0.2, 0.25) is 0 Å². The number of unbranched alkanes of at least 4 members (excludes halogenated alkanes) is 4. The van der Waals surface area contributed by atoms with Crippen LogP contribution in [0.4, 0.5) is 0 Å². The molecule has 2 N–H and O–H groups in total. The number of aliphatic hydroxyl groups excluding tert-OH is 2. The second-order valence-corrected chi connectivity index (χ2v) is 3.81. The van der Waals surface area contributed by atoms with E-state index in [0.717, 1.165) is 12.8 Å². The zero-order valence-electron chi connectivity index (χ0n) is 11.3. The fraction of sp³-hybridized carbons (Fsp3) is 0.833. The Labute approximate surface area is 154 Å². The molecule has 0 bridgehead atoms. The minimum Gasteiger partial charge on any atom is -0.550 e. The Hall–Kier alpha value is 0.431. The number of carbonyl (C=O) groups is 2. The molecule has 7 heteroatoms. The van der Waals surface area contributed by atoms with Crippen LogP contribution < -0.4 is 10.2 Å². The third-order valence-corrected chi connectivity index (χ3v) is 2.08. The van der Waals surface area contributed by atoms with Crippen LogP contribution in [0, 0.1) is 0 Å². The number of hydrogen-bond donors (Lipinski definition) is 2. The number of carboxylic acid groups (broad SMARTS) is 2. The minimum atomic E-state index is -1.01. The van der Waals surface area contributed by atoms with Crippen LogP contribution in [0.5, 0.6) is 0 Å². The van der Waals surface area contributed by atoms with Crippen molar-refractivity contribution in [3.8, 4) is 0 Å². The van der Waals surface area contributed by atoms with Gasteiger partial charge in [0.25, 0.3) is 0 Å². The molecular formula is C12H22BaO6. The Morgan fingerprint density at radius 3 is 1.21 bits per heavy atom. The molecule has 0 atom stereocenters. The summed E-state index contributed by atoms with van der Waals surface area (Å²) >= 11 is 0. The van der Waals surface area contributed by atoms with Crippen molar-refractivity contribution >= 4 is 60.8 Å². The van der Waals surface area contributed by atoms with E-state index in [2.05, 4.69) is 0 Å². The first-order valence-electron chi connectivity index (χ1n) is 6.16. The van der Waals surface area contributed by atoms with Crippen LogP contribution in [0.25, 0.3) is 0 Å². The van der Waals surface area contributed by atoms with Gasteiger partial charge in [0.05, 0.1) is 0 Å². The Morgan fingerprint density at radius 1 is 0.684 bits per heavy atom. The first-order valence-corrected chi connectivity index (χ1v) is 6.16. The number of carboxylic acids is 2. The SMILES string of the molecule is O=C([O-])CCCCCO.O=C([O-])CCCCCO.[Ba+2]. The van der Waals surface area contributed by atoms with Gasteiger partial charge in [-0.25, -0.2) is 0 Å². The average Bonchev–Trinajstić information content (AvgIpc) is 2.31. The van der Waals surface area contributed by atoms with Crippen molar-refractivity contribution in [2.75, 3.05) is 13.2 Å². The third-order valence-electron chi connectivity index (χ3n) is 2.08. The van der Waals surface area contributed by atoms with Crippen molar-refractivity contribution < 1.29 is 30.0 Å². The van der Waals surface area contributed by atoms with E-state index in [1.165, 1.54) is 0 Å². The molecule has 0 heterocycles. The van der Waals surface area contributed by atoms with Crippen molar-refractivity contribution in [2.24, 2.45) is 0 Å². The number of rotatable bonds is 10. The molecule has 0 unspecified atom stereocenters. The molecule has 108 valence electrons. The van der Waals surface area contributed by atoms with Gasteiger partial charge >= 0.3 is 48.9 Å². The van der Waals surface area contributed by atoms with Crippen molar-refractivity contribution in [1.82, 2.24) is 0 Å². The molecule has 0 aliphatic carbocycles. The van der Waals surface area contributed by atoms with Crippen LogP contribution in [0.15, 0.2) is 0 Å². The summed E-state index contributed by atoms with van der Waals surface area (Å²) in [6.07, 6.45) is 4.36. The first kappa shape index (κ1) is 24.4. The molecule has 0 aliphatic rings. The molecule has 6 nitrogen and oxygen atoms in total. The molecule has 0 spiro atoms. The standard InChI is InChI=1S/2C6H12O3.Ba/c2*7-5-3-1-2-4-6(8)9;/h2*7H,1-5H2,(H,8,9);/q;;+2/p-2. The maximum absolute atomic E-state index is 9.79. The molecule has 0 aliphatic heterocycles. The zero-order chi connectivity index (χ0) is 14.2. The predicted octanol–water partition coefficient (Wildman–Crippen LogP) is -1.80. The van der Waals surface area contributed by atoms with Crippen LogP contribution in [-0.2, 0) is 9.59 Å². The van der Waals surface area contributed by atoms with Gasteiger partial charge in [-0.3, -0.25) is 0 Å². The van der Waals surface area contributed by atoms with Crippen LogP contribution in [-0.4, -0.2) is 84.2 Å². The normalized spacial score (nSPS) is 8.95. The van der Waals surface area contributed by atoms with Crippen molar-refractivity contribution in [2.45, 2.75) is 51.4 Å². The Morgan fingerprint density at radius 2 is 1.00 bits per heavy atom. The number of hydrogen-bond acceptors (Lipinski definition) is 6. The topological polar surface area (TPSA) is 121 Å². The number of aliphatic carboxylic acids is 2. The maximum Gasteiger partial charge on any atom is 2.00 e. The molecule has 0 rings (SSSR count). The second kappa shape index (κ2) is 20.7. The van der Waals surface area contributed by atoms with Crippen molar-refractivity contribution in [1.29, 1.82) is 0 Å². The molecule has 0 aromatic carbocycles. The number of aliphatic hydroxyl groups is 2. The van der Waals surface area contributed by atoms with Gasteiger partial charge in [-0.05, 0) is 38.5 Å². The zero-order valence-corrected chi connectivity index (χ0v) is 15.7. The van der Waals surface area contributed by atoms with Gasteiger partial charge in [0, 0.05) is 25.2 Å². The van der Waals surface area contributed by atoms with E-state index in [4.69, 9.17) is 10.2 Å². The van der Waals surface area contributed by atoms with Crippen LogP contribution in [0.3, 0.4) is 0 Å². The van der Waals surface area contributed by atoms with Crippen molar-refractivity contribution in [3.05, 3.63) is 0 Å². The summed E-state index contributed by atoms with van der Waals surface area (Å²) in [5.41, 5.74) is 0. The maximum atomic E-state index is 9.79. The summed E-state index contributed by atoms with van der Waals surface area (Å²) in [6.45, 7) is 0.292. The summed E-state index contributed by atoms with van der Waals surface area (Å²) in [4.78, 5) is 19.6. The van der Waals surface area contributed by atoms with Gasteiger partial charge in [-0.2, -0.15) is 0 Å². The molecule has 0 radical (unpaired) electrons. The van der Waals surface area contributed by atoms with Gasteiger partial charge in [0.1, 0.15) is 0 Å². The Balaban J connectivity index is -0.000000256. The molecule has 0 amide bonds. The van der Waals surface area contributed by atoms with E-state index < -0.39 is 11.9 Å². The predicted molar refractivity (Wildman–Crippen MR) is 66.9 cm³/mol. The molecule has 0 saturated heterocycles. The van der Waals surface area contributed by atoms with E-state index in [0.29, 0.717) is 25.7 Å². The number of carbonyl (C=O) groups excluding carboxylic acids is 2. The molecule has 19 heavy (non-hydrogen) atoms. The van der Waals surface area contributed by atoms with E-state index in [1.807, 2.05) is 0 Å². The average molecular weight is 400 g/mol. The van der Waals surface area contributed by atoms with E-state index in [9.17, 15) is 19.8 Å². The second-order valence-electron chi connectivity index (χ2n) is 3.81. The van der Waals surface area contributed by atoms with Gasteiger partial charge in [-0.1, -0.05) is 12.8 Å². The first-order chi connectivity index (χ1) is 8.54. The third kappa shape index (κ3) is 32.2. The fourth-order valence-electron chi connectivity index (χ4n) is 1.12.